The summed E-state index contributed by atoms with van der Waals surface area (Å²) in [4.78, 5) is 13.2. The lowest BCUT2D eigenvalue weighted by atomic mass is 10.1. The highest BCUT2D eigenvalue weighted by Crippen LogP contribution is 2.33. The smallest absolute Gasteiger partial charge is 0.183 e. The monoisotopic (exact) mass is 550 g/mol. The Labute approximate surface area is 228 Å². The highest BCUT2D eigenvalue weighted by Gasteiger charge is 2.20. The fraction of sp³-hybridized carbons (Fsp3) is 0.214. The van der Waals surface area contributed by atoms with Gasteiger partial charge < -0.3 is 14.8 Å². The molecule has 0 radical (unpaired) electrons. The number of para-hydroxylation sites is 1. The first-order chi connectivity index (χ1) is 19.0. The number of aromatic nitrogens is 5. The van der Waals surface area contributed by atoms with E-state index >= 15 is 0 Å². The summed E-state index contributed by atoms with van der Waals surface area (Å²) >= 11 is 6.30. The average molecular weight is 551 g/mol. The molecule has 1 N–H and O–H groups in total. The number of anilines is 2. The summed E-state index contributed by atoms with van der Waals surface area (Å²) in [6.45, 7) is 4.38. The molecule has 39 heavy (non-hydrogen) atoms. The Balaban J connectivity index is 1.57. The Morgan fingerprint density at radius 1 is 1.03 bits per heavy atom. The van der Waals surface area contributed by atoms with E-state index < -0.39 is 11.6 Å². The van der Waals surface area contributed by atoms with Crippen LogP contribution < -0.4 is 14.8 Å². The summed E-state index contributed by atoms with van der Waals surface area (Å²) in [6, 6.07) is 11.4. The van der Waals surface area contributed by atoms with E-state index in [0.717, 1.165) is 11.8 Å². The molecular weight excluding hydrogens is 526 g/mol. The molecule has 11 heteroatoms. The molecule has 0 aliphatic heterocycles. The zero-order chi connectivity index (χ0) is 27.4. The molecular formula is C28H25ClF2N6O2. The minimum atomic E-state index is -0.714. The lowest BCUT2D eigenvalue weighted by molar-refractivity contribution is 0.317. The van der Waals surface area contributed by atoms with Crippen LogP contribution in [0.2, 0.25) is 5.02 Å². The van der Waals surface area contributed by atoms with Gasteiger partial charge in [0.05, 0.1) is 42.2 Å². The standard InChI is InChI=1S/C28H25ClF2N6O2/c1-3-11-39-25-15-33-28(35-27(25)34-23-9-10-32-14-20(23)29)26-18-7-5-6-8-24(18)37(36-26)16-19-21(30)12-17(38-4-2)13-22(19)31/h5-10,12-15H,3-4,11,16H2,1-2H3,(H,32,33,34,35). The lowest BCUT2D eigenvalue weighted by Crippen LogP contribution is -2.08. The van der Waals surface area contributed by atoms with E-state index in [0.29, 0.717) is 52.5 Å². The summed E-state index contributed by atoms with van der Waals surface area (Å²) in [6.07, 6.45) is 5.49. The molecule has 3 aromatic heterocycles. The zero-order valence-corrected chi connectivity index (χ0v) is 22.0. The van der Waals surface area contributed by atoms with Crippen LogP contribution in [0.4, 0.5) is 20.3 Å². The van der Waals surface area contributed by atoms with Crippen molar-refractivity contribution in [1.82, 2.24) is 24.7 Å². The highest BCUT2D eigenvalue weighted by atomic mass is 35.5. The van der Waals surface area contributed by atoms with Crippen molar-refractivity contribution in [3.63, 3.8) is 0 Å². The second-order valence-electron chi connectivity index (χ2n) is 8.56. The fourth-order valence-corrected chi connectivity index (χ4v) is 4.21. The Bertz CT molecular complexity index is 1600. The lowest BCUT2D eigenvalue weighted by Gasteiger charge is -2.13. The van der Waals surface area contributed by atoms with Crippen molar-refractivity contribution in [1.29, 1.82) is 0 Å². The second kappa shape index (κ2) is 11.6. The molecule has 3 heterocycles. The maximum absolute atomic E-state index is 14.9. The Kier molecular flexibility index (Phi) is 7.83. The van der Waals surface area contributed by atoms with E-state index in [4.69, 9.17) is 26.1 Å². The predicted octanol–water partition coefficient (Wildman–Crippen LogP) is 6.80. The number of rotatable bonds is 10. The number of fused-ring (bicyclic) bond motifs is 1. The van der Waals surface area contributed by atoms with Gasteiger partial charge in [-0.25, -0.2) is 18.7 Å². The molecule has 2 aromatic carbocycles. The number of hydrogen-bond donors (Lipinski definition) is 1. The van der Waals surface area contributed by atoms with E-state index in [-0.39, 0.29) is 17.9 Å². The van der Waals surface area contributed by atoms with Crippen LogP contribution in [0, 0.1) is 11.6 Å². The van der Waals surface area contributed by atoms with E-state index in [2.05, 4.69) is 20.4 Å². The molecule has 8 nitrogen and oxygen atoms in total. The van der Waals surface area contributed by atoms with E-state index in [9.17, 15) is 8.78 Å². The minimum Gasteiger partial charge on any atom is -0.494 e. The van der Waals surface area contributed by atoms with Gasteiger partial charge in [-0.1, -0.05) is 36.7 Å². The fourth-order valence-electron chi connectivity index (χ4n) is 4.04. The highest BCUT2D eigenvalue weighted by molar-refractivity contribution is 6.33. The SMILES string of the molecule is CCCOc1cnc(-c2nn(Cc3c(F)cc(OCC)cc3F)c3ccccc23)nc1Nc1ccncc1Cl. The molecule has 0 spiro atoms. The summed E-state index contributed by atoms with van der Waals surface area (Å²) < 4.78 is 42.4. The summed E-state index contributed by atoms with van der Waals surface area (Å²) in [7, 11) is 0. The molecule has 0 saturated carbocycles. The molecule has 5 rings (SSSR count). The first-order valence-electron chi connectivity index (χ1n) is 12.4. The number of halogens is 3. The van der Waals surface area contributed by atoms with Crippen LogP contribution in [0.1, 0.15) is 25.8 Å². The Morgan fingerprint density at radius 3 is 2.56 bits per heavy atom. The topological polar surface area (TPSA) is 87.0 Å². The molecule has 200 valence electrons. The van der Waals surface area contributed by atoms with Gasteiger partial charge in [-0.15, -0.1) is 0 Å². The molecule has 0 amide bonds. The first kappa shape index (κ1) is 26.3. The van der Waals surface area contributed by atoms with Gasteiger partial charge in [-0.05, 0) is 25.5 Å². The van der Waals surface area contributed by atoms with Gasteiger partial charge in [0.1, 0.15) is 23.1 Å². The van der Waals surface area contributed by atoms with Crippen molar-refractivity contribution in [3.05, 3.63) is 83.3 Å². The Morgan fingerprint density at radius 2 is 1.82 bits per heavy atom. The number of benzene rings is 2. The third-order valence-electron chi connectivity index (χ3n) is 5.85. The van der Waals surface area contributed by atoms with Crippen LogP contribution in [0.15, 0.2) is 61.1 Å². The van der Waals surface area contributed by atoms with Gasteiger partial charge in [0, 0.05) is 35.5 Å². The molecule has 0 unspecified atom stereocenters. The van der Waals surface area contributed by atoms with Gasteiger partial charge in [0.15, 0.2) is 17.4 Å². The second-order valence-corrected chi connectivity index (χ2v) is 8.96. The average Bonchev–Trinajstić information content (AvgIpc) is 3.30. The number of nitrogens with zero attached hydrogens (tertiary/aromatic N) is 5. The first-order valence-corrected chi connectivity index (χ1v) is 12.8. The predicted molar refractivity (Wildman–Crippen MR) is 146 cm³/mol. The molecule has 5 aromatic rings. The maximum Gasteiger partial charge on any atom is 0.183 e. The zero-order valence-electron chi connectivity index (χ0n) is 21.3. The van der Waals surface area contributed by atoms with E-state index in [1.807, 2.05) is 31.2 Å². The van der Waals surface area contributed by atoms with Crippen molar-refractivity contribution in [2.75, 3.05) is 18.5 Å². The minimum absolute atomic E-state index is 0.128. The van der Waals surface area contributed by atoms with Crippen molar-refractivity contribution in [2.45, 2.75) is 26.8 Å². The van der Waals surface area contributed by atoms with Crippen molar-refractivity contribution < 1.29 is 18.3 Å². The molecule has 0 aliphatic rings. The van der Waals surface area contributed by atoms with Crippen molar-refractivity contribution in [3.8, 4) is 23.0 Å². The van der Waals surface area contributed by atoms with Crippen LogP contribution >= 0.6 is 11.6 Å². The normalized spacial score (nSPS) is 11.1. The van der Waals surface area contributed by atoms with Crippen LogP contribution in [0.25, 0.3) is 22.4 Å². The third kappa shape index (κ3) is 5.61. The van der Waals surface area contributed by atoms with Gasteiger partial charge in [0.2, 0.25) is 0 Å². The number of nitrogens with one attached hydrogen (secondary N) is 1. The van der Waals surface area contributed by atoms with E-state index in [1.165, 1.54) is 23.0 Å². The van der Waals surface area contributed by atoms with Gasteiger partial charge in [-0.3, -0.25) is 9.67 Å². The summed E-state index contributed by atoms with van der Waals surface area (Å²) in [5, 5.41) is 9.00. The van der Waals surface area contributed by atoms with Gasteiger partial charge in [0.25, 0.3) is 0 Å². The molecule has 0 fully saturated rings. The quantitative estimate of drug-likeness (QED) is 0.205. The van der Waals surface area contributed by atoms with E-state index in [1.54, 1.807) is 25.4 Å². The summed E-state index contributed by atoms with van der Waals surface area (Å²) in [5.74, 6) is -0.160. The number of pyridine rings is 1. The molecule has 0 saturated heterocycles. The van der Waals surface area contributed by atoms with Crippen molar-refractivity contribution >= 4 is 34.0 Å². The molecule has 0 aliphatic carbocycles. The summed E-state index contributed by atoms with van der Waals surface area (Å²) in [5.41, 5.74) is 1.58. The van der Waals surface area contributed by atoms with Gasteiger partial charge >= 0.3 is 0 Å². The van der Waals surface area contributed by atoms with Crippen LogP contribution in [-0.4, -0.2) is 37.9 Å². The van der Waals surface area contributed by atoms with Crippen LogP contribution in [-0.2, 0) is 6.54 Å². The largest absolute Gasteiger partial charge is 0.494 e. The number of ether oxygens (including phenoxy) is 2. The Hall–Kier alpha value is -4.31. The van der Waals surface area contributed by atoms with Crippen LogP contribution in [0.3, 0.4) is 0 Å². The molecule has 0 atom stereocenters. The maximum atomic E-state index is 14.9. The molecule has 0 bridgehead atoms. The van der Waals surface area contributed by atoms with Crippen molar-refractivity contribution in [2.24, 2.45) is 0 Å². The van der Waals surface area contributed by atoms with Gasteiger partial charge in [-0.2, -0.15) is 5.10 Å². The number of hydrogen-bond acceptors (Lipinski definition) is 7. The third-order valence-corrected chi connectivity index (χ3v) is 6.15. The van der Waals surface area contributed by atoms with Crippen LogP contribution in [0.5, 0.6) is 11.5 Å².